The number of aliphatic hydroxyl groups is 1. The van der Waals surface area contributed by atoms with Gasteiger partial charge < -0.3 is 9.84 Å². The van der Waals surface area contributed by atoms with Crippen LogP contribution in [0.1, 0.15) is 19.4 Å². The van der Waals surface area contributed by atoms with Gasteiger partial charge in [0.1, 0.15) is 6.61 Å². The fourth-order valence-corrected chi connectivity index (χ4v) is 3.89. The van der Waals surface area contributed by atoms with E-state index in [0.29, 0.717) is 18.7 Å². The minimum atomic E-state index is -3.53. The molecule has 1 fully saturated rings. The maximum absolute atomic E-state index is 12.7. The Morgan fingerprint density at radius 1 is 1.33 bits per heavy atom. The van der Waals surface area contributed by atoms with Crippen LogP contribution in [0.5, 0.6) is 0 Å². The third-order valence-corrected chi connectivity index (χ3v) is 5.32. The lowest BCUT2D eigenvalue weighted by Crippen LogP contribution is -2.50. The van der Waals surface area contributed by atoms with Crippen molar-refractivity contribution in [3.8, 4) is 11.8 Å². The van der Waals surface area contributed by atoms with Crippen LogP contribution in [0.2, 0.25) is 0 Å². The van der Waals surface area contributed by atoms with Crippen molar-refractivity contribution in [2.45, 2.75) is 30.9 Å². The van der Waals surface area contributed by atoms with Crippen LogP contribution in [0.3, 0.4) is 0 Å². The van der Waals surface area contributed by atoms with Crippen molar-refractivity contribution in [2.75, 3.05) is 19.8 Å². The minimum Gasteiger partial charge on any atom is -0.384 e. The fourth-order valence-electron chi connectivity index (χ4n) is 2.19. The first-order chi connectivity index (χ1) is 9.95. The molecule has 1 aromatic carbocycles. The molecule has 5 nitrogen and oxygen atoms in total. The summed E-state index contributed by atoms with van der Waals surface area (Å²) in [7, 11) is -3.53. The van der Waals surface area contributed by atoms with Crippen LogP contribution in [0.4, 0.5) is 0 Å². The number of benzene rings is 1. The molecule has 0 radical (unpaired) electrons. The summed E-state index contributed by atoms with van der Waals surface area (Å²) in [6.07, 6.45) is -0.106. The van der Waals surface area contributed by atoms with Crippen molar-refractivity contribution in [3.05, 3.63) is 29.8 Å². The molecule has 1 aliphatic rings. The Hall–Kier alpha value is -1.39. The van der Waals surface area contributed by atoms with Gasteiger partial charge in [-0.3, -0.25) is 0 Å². The number of ether oxygens (including phenoxy) is 1. The van der Waals surface area contributed by atoms with E-state index in [1.54, 1.807) is 24.3 Å². The summed E-state index contributed by atoms with van der Waals surface area (Å²) in [5.41, 5.74) is 0.673. The van der Waals surface area contributed by atoms with E-state index < -0.39 is 10.0 Å². The molecule has 0 aromatic heterocycles. The van der Waals surface area contributed by atoms with Crippen molar-refractivity contribution in [1.29, 1.82) is 0 Å². The molecule has 1 saturated heterocycles. The number of nitrogens with zero attached hydrogens (tertiary/aromatic N) is 1. The zero-order chi connectivity index (χ0) is 15.5. The molecule has 1 heterocycles. The summed E-state index contributed by atoms with van der Waals surface area (Å²) in [6.45, 7) is 4.24. The van der Waals surface area contributed by atoms with Gasteiger partial charge >= 0.3 is 0 Å². The lowest BCUT2D eigenvalue weighted by Gasteiger charge is -2.35. The normalized spacial score (nSPS) is 23.4. The molecule has 0 bridgehead atoms. The van der Waals surface area contributed by atoms with Gasteiger partial charge in [0.2, 0.25) is 10.0 Å². The van der Waals surface area contributed by atoms with Crippen LogP contribution in [0.25, 0.3) is 0 Å². The van der Waals surface area contributed by atoms with Gasteiger partial charge in [-0.15, -0.1) is 0 Å². The molecule has 0 saturated carbocycles. The molecule has 2 rings (SSSR count). The number of aliphatic hydroxyl groups excluding tert-OH is 1. The van der Waals surface area contributed by atoms with Gasteiger partial charge in [-0.25, -0.2) is 8.42 Å². The molecule has 21 heavy (non-hydrogen) atoms. The smallest absolute Gasteiger partial charge is 0.243 e. The largest absolute Gasteiger partial charge is 0.384 e. The third kappa shape index (κ3) is 3.63. The van der Waals surface area contributed by atoms with E-state index in [9.17, 15) is 8.42 Å². The topological polar surface area (TPSA) is 66.8 Å². The second kappa shape index (κ2) is 6.58. The molecule has 0 amide bonds. The van der Waals surface area contributed by atoms with Crippen LogP contribution in [-0.2, 0) is 14.8 Å². The lowest BCUT2D eigenvalue weighted by molar-refractivity contribution is -0.0170. The van der Waals surface area contributed by atoms with E-state index in [0.717, 1.165) is 0 Å². The molecule has 1 aliphatic heterocycles. The van der Waals surface area contributed by atoms with Crippen molar-refractivity contribution in [1.82, 2.24) is 4.31 Å². The molecule has 1 aromatic rings. The SMILES string of the molecule is CC1CN(S(=O)(=O)c2ccc(C#CCO)cc2)C(C)CO1. The second-order valence-corrected chi connectivity index (χ2v) is 6.94. The van der Waals surface area contributed by atoms with E-state index in [-0.39, 0.29) is 23.6 Å². The minimum absolute atomic E-state index is 0.106. The van der Waals surface area contributed by atoms with Crippen molar-refractivity contribution >= 4 is 10.0 Å². The van der Waals surface area contributed by atoms with Gasteiger partial charge in [0, 0.05) is 18.2 Å². The highest BCUT2D eigenvalue weighted by Gasteiger charge is 2.33. The van der Waals surface area contributed by atoms with Gasteiger partial charge in [0.15, 0.2) is 0 Å². The summed E-state index contributed by atoms with van der Waals surface area (Å²) >= 11 is 0. The Morgan fingerprint density at radius 2 is 2.00 bits per heavy atom. The fraction of sp³-hybridized carbons (Fsp3) is 0.467. The number of sulfonamides is 1. The Bertz CT molecular complexity index is 642. The van der Waals surface area contributed by atoms with E-state index in [4.69, 9.17) is 9.84 Å². The summed E-state index contributed by atoms with van der Waals surface area (Å²) < 4.78 is 32.3. The molecule has 0 aliphatic carbocycles. The van der Waals surface area contributed by atoms with Crippen molar-refractivity contribution in [3.63, 3.8) is 0 Å². The Labute approximate surface area is 125 Å². The molecule has 2 unspecified atom stereocenters. The first-order valence-corrected chi connectivity index (χ1v) is 8.22. The van der Waals surface area contributed by atoms with Gasteiger partial charge in [-0.2, -0.15) is 4.31 Å². The average molecular weight is 309 g/mol. The van der Waals surface area contributed by atoms with Crippen LogP contribution in [-0.4, -0.2) is 49.7 Å². The maximum atomic E-state index is 12.7. The van der Waals surface area contributed by atoms with Crippen LogP contribution < -0.4 is 0 Å². The lowest BCUT2D eigenvalue weighted by atomic mass is 10.2. The Morgan fingerprint density at radius 3 is 2.62 bits per heavy atom. The van der Waals surface area contributed by atoms with Crippen LogP contribution in [0.15, 0.2) is 29.2 Å². The van der Waals surface area contributed by atoms with Gasteiger partial charge in [-0.05, 0) is 38.1 Å². The molecule has 6 heteroatoms. The number of morpholine rings is 1. The second-order valence-electron chi connectivity index (χ2n) is 5.05. The first-order valence-electron chi connectivity index (χ1n) is 6.78. The number of rotatable bonds is 2. The average Bonchev–Trinajstić information content (AvgIpc) is 2.48. The molecule has 114 valence electrons. The Kier molecular flexibility index (Phi) is 5.01. The van der Waals surface area contributed by atoms with Crippen molar-refractivity contribution in [2.24, 2.45) is 0 Å². The highest BCUT2D eigenvalue weighted by molar-refractivity contribution is 7.89. The van der Waals surface area contributed by atoms with Gasteiger partial charge in [0.25, 0.3) is 0 Å². The zero-order valence-electron chi connectivity index (χ0n) is 12.1. The quantitative estimate of drug-likeness (QED) is 0.822. The first kappa shape index (κ1) is 16.0. The standard InChI is InChI=1S/C15H19NO4S/c1-12-11-20-13(2)10-16(12)21(18,19)15-7-5-14(6-8-15)4-3-9-17/h5-8,12-13,17H,9-11H2,1-2H3. The highest BCUT2D eigenvalue weighted by Crippen LogP contribution is 2.22. The van der Waals surface area contributed by atoms with E-state index in [1.807, 2.05) is 13.8 Å². The predicted molar refractivity (Wildman–Crippen MR) is 79.2 cm³/mol. The Balaban J connectivity index is 2.26. The maximum Gasteiger partial charge on any atom is 0.243 e. The van der Waals surface area contributed by atoms with Crippen LogP contribution in [0, 0.1) is 11.8 Å². The molecular weight excluding hydrogens is 290 g/mol. The summed E-state index contributed by atoms with van der Waals surface area (Å²) in [6, 6.07) is 6.20. The third-order valence-electron chi connectivity index (χ3n) is 3.32. The van der Waals surface area contributed by atoms with E-state index in [2.05, 4.69) is 11.8 Å². The van der Waals surface area contributed by atoms with Gasteiger partial charge in [0.05, 0.1) is 17.6 Å². The van der Waals surface area contributed by atoms with E-state index in [1.165, 1.54) is 4.31 Å². The molecule has 1 N–H and O–H groups in total. The highest BCUT2D eigenvalue weighted by atomic mass is 32.2. The monoisotopic (exact) mass is 309 g/mol. The van der Waals surface area contributed by atoms with Crippen LogP contribution >= 0.6 is 0 Å². The van der Waals surface area contributed by atoms with Gasteiger partial charge in [-0.1, -0.05) is 11.8 Å². The van der Waals surface area contributed by atoms with E-state index >= 15 is 0 Å². The zero-order valence-corrected chi connectivity index (χ0v) is 12.9. The summed E-state index contributed by atoms with van der Waals surface area (Å²) in [4.78, 5) is 0.248. The summed E-state index contributed by atoms with van der Waals surface area (Å²) in [5.74, 6) is 5.27. The summed E-state index contributed by atoms with van der Waals surface area (Å²) in [5, 5.41) is 8.65. The molecule has 0 spiro atoms. The van der Waals surface area contributed by atoms with Crippen molar-refractivity contribution < 1.29 is 18.3 Å². The predicted octanol–water partition coefficient (Wildman–Crippen LogP) is 0.828. The molecule has 2 atom stereocenters. The number of hydrogen-bond acceptors (Lipinski definition) is 4. The number of hydrogen-bond donors (Lipinski definition) is 1. The molecular formula is C15H19NO4S.